The highest BCUT2D eigenvalue weighted by molar-refractivity contribution is 7.99. The van der Waals surface area contributed by atoms with Gasteiger partial charge in [0.2, 0.25) is 5.91 Å². The number of nitrogens with zero attached hydrogens (tertiary/aromatic N) is 1. The summed E-state index contributed by atoms with van der Waals surface area (Å²) >= 11 is 1.92. The molecule has 25 heavy (non-hydrogen) atoms. The Morgan fingerprint density at radius 1 is 1.00 bits per heavy atom. The van der Waals surface area contributed by atoms with Crippen molar-refractivity contribution in [3.05, 3.63) is 65.7 Å². The van der Waals surface area contributed by atoms with E-state index in [0.29, 0.717) is 16.8 Å². The van der Waals surface area contributed by atoms with Crippen molar-refractivity contribution in [3.8, 4) is 0 Å². The van der Waals surface area contributed by atoms with Gasteiger partial charge in [-0.2, -0.15) is 11.8 Å². The zero-order chi connectivity index (χ0) is 17.6. The standard InChI is InChI=1S/C20H22N2O2S/c1-15(22-11-13-25-14-12-22)20(24)21-18-10-6-5-9-17(18)19(23)16-7-3-2-4-8-16/h2-10,15H,11-14H2,1H3,(H,21,24). The molecule has 1 saturated heterocycles. The van der Waals surface area contributed by atoms with Crippen LogP contribution in [-0.2, 0) is 4.79 Å². The molecule has 0 spiro atoms. The molecule has 0 bridgehead atoms. The van der Waals surface area contributed by atoms with Crippen molar-refractivity contribution in [2.24, 2.45) is 0 Å². The van der Waals surface area contributed by atoms with Gasteiger partial charge in [0.25, 0.3) is 0 Å². The lowest BCUT2D eigenvalue weighted by Gasteiger charge is -2.31. The second kappa shape index (κ2) is 8.32. The number of ketones is 1. The topological polar surface area (TPSA) is 49.4 Å². The second-order valence-corrected chi connectivity index (χ2v) is 7.28. The predicted octanol–water partition coefficient (Wildman–Crippen LogP) is 3.29. The quantitative estimate of drug-likeness (QED) is 0.837. The number of amides is 1. The van der Waals surface area contributed by atoms with Crippen LogP contribution in [0.25, 0.3) is 0 Å². The summed E-state index contributed by atoms with van der Waals surface area (Å²) in [5, 5.41) is 2.95. The van der Waals surface area contributed by atoms with Crippen LogP contribution in [0.2, 0.25) is 0 Å². The van der Waals surface area contributed by atoms with Crippen molar-refractivity contribution < 1.29 is 9.59 Å². The van der Waals surface area contributed by atoms with E-state index in [-0.39, 0.29) is 17.7 Å². The third kappa shape index (κ3) is 4.30. The Bertz CT molecular complexity index is 742. The molecule has 0 saturated carbocycles. The molecule has 5 heteroatoms. The highest BCUT2D eigenvalue weighted by Crippen LogP contribution is 2.20. The van der Waals surface area contributed by atoms with Crippen molar-refractivity contribution >= 4 is 29.1 Å². The third-order valence-corrected chi connectivity index (χ3v) is 5.38. The fourth-order valence-corrected chi connectivity index (χ4v) is 3.83. The van der Waals surface area contributed by atoms with Crippen LogP contribution in [0.3, 0.4) is 0 Å². The molecule has 1 aliphatic rings. The summed E-state index contributed by atoms with van der Waals surface area (Å²) in [5.74, 6) is 1.96. The van der Waals surface area contributed by atoms with Crippen LogP contribution in [0.15, 0.2) is 54.6 Å². The molecular weight excluding hydrogens is 332 g/mol. The largest absolute Gasteiger partial charge is 0.324 e. The first-order valence-electron chi connectivity index (χ1n) is 8.48. The highest BCUT2D eigenvalue weighted by Gasteiger charge is 2.24. The maximum atomic E-state index is 12.8. The fourth-order valence-electron chi connectivity index (χ4n) is 2.90. The summed E-state index contributed by atoms with van der Waals surface area (Å²) in [4.78, 5) is 27.6. The van der Waals surface area contributed by atoms with Gasteiger partial charge in [0.15, 0.2) is 5.78 Å². The van der Waals surface area contributed by atoms with Gasteiger partial charge >= 0.3 is 0 Å². The highest BCUT2D eigenvalue weighted by atomic mass is 32.2. The van der Waals surface area contributed by atoms with Gasteiger partial charge in [-0.1, -0.05) is 42.5 Å². The number of nitrogens with one attached hydrogen (secondary N) is 1. The average Bonchev–Trinajstić information content (AvgIpc) is 2.68. The molecule has 130 valence electrons. The number of para-hydroxylation sites is 1. The maximum Gasteiger partial charge on any atom is 0.241 e. The van der Waals surface area contributed by atoms with Gasteiger partial charge < -0.3 is 5.32 Å². The minimum absolute atomic E-state index is 0.0692. The van der Waals surface area contributed by atoms with Crippen LogP contribution in [0.5, 0.6) is 0 Å². The molecule has 0 radical (unpaired) electrons. The molecule has 1 unspecified atom stereocenters. The Labute approximate surface area is 152 Å². The van der Waals surface area contributed by atoms with Gasteiger partial charge in [-0.25, -0.2) is 0 Å². The van der Waals surface area contributed by atoms with Crippen LogP contribution >= 0.6 is 11.8 Å². The van der Waals surface area contributed by atoms with Crippen LogP contribution in [-0.4, -0.2) is 47.2 Å². The number of hydrogen-bond donors (Lipinski definition) is 1. The van der Waals surface area contributed by atoms with E-state index in [1.165, 1.54) is 0 Å². The smallest absolute Gasteiger partial charge is 0.241 e. The van der Waals surface area contributed by atoms with Crippen LogP contribution in [0.1, 0.15) is 22.8 Å². The number of rotatable bonds is 5. The van der Waals surface area contributed by atoms with Crippen molar-refractivity contribution in [3.63, 3.8) is 0 Å². The first-order chi connectivity index (χ1) is 12.2. The molecule has 1 N–H and O–H groups in total. The summed E-state index contributed by atoms with van der Waals surface area (Å²) in [5.41, 5.74) is 1.70. The molecule has 1 amide bonds. The van der Waals surface area contributed by atoms with E-state index in [2.05, 4.69) is 10.2 Å². The van der Waals surface area contributed by atoms with Gasteiger partial charge in [-0.15, -0.1) is 0 Å². The van der Waals surface area contributed by atoms with E-state index in [1.807, 2.05) is 49.0 Å². The van der Waals surface area contributed by atoms with E-state index in [1.54, 1.807) is 24.3 Å². The number of carbonyl (C=O) groups excluding carboxylic acids is 2. The fraction of sp³-hybridized carbons (Fsp3) is 0.300. The normalized spacial score (nSPS) is 16.2. The molecule has 1 fully saturated rings. The van der Waals surface area contributed by atoms with E-state index in [4.69, 9.17) is 0 Å². The second-order valence-electron chi connectivity index (χ2n) is 6.05. The van der Waals surface area contributed by atoms with E-state index in [0.717, 1.165) is 24.6 Å². The minimum Gasteiger partial charge on any atom is -0.324 e. The van der Waals surface area contributed by atoms with Crippen LogP contribution < -0.4 is 5.32 Å². The molecular formula is C20H22N2O2S. The minimum atomic E-state index is -0.208. The number of benzene rings is 2. The summed E-state index contributed by atoms with van der Waals surface area (Å²) in [6.45, 7) is 3.76. The molecule has 3 rings (SSSR count). The third-order valence-electron chi connectivity index (χ3n) is 4.44. The lowest BCUT2D eigenvalue weighted by molar-refractivity contribution is -0.120. The lowest BCUT2D eigenvalue weighted by Crippen LogP contribution is -2.46. The molecule has 1 atom stereocenters. The Kier molecular flexibility index (Phi) is 5.89. The van der Waals surface area contributed by atoms with Crippen LogP contribution in [0.4, 0.5) is 5.69 Å². The van der Waals surface area contributed by atoms with Crippen LogP contribution in [0, 0.1) is 0 Å². The molecule has 1 heterocycles. The van der Waals surface area contributed by atoms with E-state index < -0.39 is 0 Å². The Morgan fingerprint density at radius 3 is 2.36 bits per heavy atom. The zero-order valence-electron chi connectivity index (χ0n) is 14.3. The Hall–Kier alpha value is -2.11. The first-order valence-corrected chi connectivity index (χ1v) is 9.64. The summed E-state index contributed by atoms with van der Waals surface area (Å²) in [6, 6.07) is 16.1. The predicted molar refractivity (Wildman–Crippen MR) is 103 cm³/mol. The Morgan fingerprint density at radius 2 is 1.64 bits per heavy atom. The van der Waals surface area contributed by atoms with Gasteiger partial charge in [0.1, 0.15) is 0 Å². The Balaban J connectivity index is 1.76. The van der Waals surface area contributed by atoms with E-state index >= 15 is 0 Å². The van der Waals surface area contributed by atoms with Gasteiger partial charge in [-0.3, -0.25) is 14.5 Å². The summed E-state index contributed by atoms with van der Waals surface area (Å²) in [7, 11) is 0. The van der Waals surface area contributed by atoms with Gasteiger partial charge in [0.05, 0.1) is 11.7 Å². The molecule has 0 aromatic heterocycles. The van der Waals surface area contributed by atoms with Crippen molar-refractivity contribution in [2.75, 3.05) is 29.9 Å². The molecule has 1 aliphatic heterocycles. The number of hydrogen-bond acceptors (Lipinski definition) is 4. The first kappa shape index (κ1) is 17.7. The van der Waals surface area contributed by atoms with Crippen molar-refractivity contribution in [2.45, 2.75) is 13.0 Å². The number of anilines is 1. The summed E-state index contributed by atoms with van der Waals surface area (Å²) in [6.07, 6.45) is 0. The average molecular weight is 354 g/mol. The van der Waals surface area contributed by atoms with Crippen molar-refractivity contribution in [1.82, 2.24) is 4.90 Å². The lowest BCUT2D eigenvalue weighted by atomic mass is 10.0. The zero-order valence-corrected chi connectivity index (χ0v) is 15.1. The maximum absolute atomic E-state index is 12.8. The molecule has 4 nitrogen and oxygen atoms in total. The van der Waals surface area contributed by atoms with Gasteiger partial charge in [-0.05, 0) is 19.1 Å². The summed E-state index contributed by atoms with van der Waals surface area (Å²) < 4.78 is 0. The SMILES string of the molecule is CC(C(=O)Nc1ccccc1C(=O)c1ccccc1)N1CCSCC1. The number of carbonyl (C=O) groups is 2. The molecule has 0 aliphatic carbocycles. The van der Waals surface area contributed by atoms with E-state index in [9.17, 15) is 9.59 Å². The number of thioether (sulfide) groups is 1. The van der Waals surface area contributed by atoms with Gasteiger partial charge in [0, 0.05) is 35.7 Å². The van der Waals surface area contributed by atoms with Crippen molar-refractivity contribution in [1.29, 1.82) is 0 Å². The molecule has 2 aromatic rings. The monoisotopic (exact) mass is 354 g/mol. The molecule has 2 aromatic carbocycles.